The van der Waals surface area contributed by atoms with Gasteiger partial charge in [0, 0.05) is 12.5 Å². The number of hydrogen-bond donors (Lipinski definition) is 1. The Balaban J connectivity index is 2.91. The molecule has 13 heavy (non-hydrogen) atoms. The minimum absolute atomic E-state index is 0.224. The van der Waals surface area contributed by atoms with E-state index >= 15 is 0 Å². The molecule has 0 saturated heterocycles. The molecule has 0 radical (unpaired) electrons. The molecule has 0 aromatic heterocycles. The van der Waals surface area contributed by atoms with Crippen LogP contribution in [-0.2, 0) is 0 Å². The van der Waals surface area contributed by atoms with Gasteiger partial charge in [-0.15, -0.1) is 0 Å². The van der Waals surface area contributed by atoms with E-state index in [1.54, 1.807) is 0 Å². The van der Waals surface area contributed by atoms with Crippen molar-refractivity contribution in [1.29, 1.82) is 0 Å². The van der Waals surface area contributed by atoms with Gasteiger partial charge in [0.15, 0.2) is 0 Å². The zero-order valence-corrected chi connectivity index (χ0v) is 8.62. The van der Waals surface area contributed by atoms with Crippen LogP contribution in [0.5, 0.6) is 0 Å². The van der Waals surface area contributed by atoms with E-state index in [0.29, 0.717) is 5.92 Å². The Morgan fingerprint density at radius 3 is 2.31 bits per heavy atom. The van der Waals surface area contributed by atoms with Crippen molar-refractivity contribution in [2.45, 2.75) is 32.6 Å². The van der Waals surface area contributed by atoms with Gasteiger partial charge >= 0.3 is 0 Å². The number of benzene rings is 1. The highest BCUT2D eigenvalue weighted by Crippen LogP contribution is 2.20. The highest BCUT2D eigenvalue weighted by atomic mass is 16.3. The lowest BCUT2D eigenvalue weighted by Crippen LogP contribution is -1.99. The summed E-state index contributed by atoms with van der Waals surface area (Å²) in [5, 5.41) is 9.02. The van der Waals surface area contributed by atoms with Gasteiger partial charge in [-0.3, -0.25) is 0 Å². The van der Waals surface area contributed by atoms with Crippen molar-refractivity contribution in [3.63, 3.8) is 0 Å². The number of rotatable bonds is 3. The molecule has 1 atom stereocenters. The van der Waals surface area contributed by atoms with Crippen molar-refractivity contribution in [2.24, 2.45) is 0 Å². The molecule has 0 aliphatic heterocycles. The standard InChI is InChI=1S/C12H18O/c1-9(2)11-5-4-6-12(7-11)10(3)8-13/h4-7,9-10,13H,8H2,1-3H3/t10-/m0/s1. The molecule has 1 rings (SSSR count). The van der Waals surface area contributed by atoms with Gasteiger partial charge in [0.05, 0.1) is 0 Å². The van der Waals surface area contributed by atoms with Crippen LogP contribution in [-0.4, -0.2) is 11.7 Å². The molecule has 1 aromatic carbocycles. The maximum Gasteiger partial charge on any atom is 0.0497 e. The summed E-state index contributed by atoms with van der Waals surface area (Å²) in [5.41, 5.74) is 2.58. The van der Waals surface area contributed by atoms with Gasteiger partial charge in [-0.05, 0) is 17.0 Å². The van der Waals surface area contributed by atoms with Crippen LogP contribution in [0.1, 0.15) is 43.7 Å². The van der Waals surface area contributed by atoms with Crippen molar-refractivity contribution in [3.05, 3.63) is 35.4 Å². The molecule has 1 nitrogen and oxygen atoms in total. The SMILES string of the molecule is CC(C)c1cccc([C@@H](C)CO)c1. The molecule has 72 valence electrons. The maximum absolute atomic E-state index is 9.02. The molecule has 0 unspecified atom stereocenters. The number of aliphatic hydroxyl groups excluding tert-OH is 1. The van der Waals surface area contributed by atoms with Crippen LogP contribution in [0.15, 0.2) is 24.3 Å². The van der Waals surface area contributed by atoms with Gasteiger partial charge in [0.2, 0.25) is 0 Å². The second-order valence-electron chi connectivity index (χ2n) is 3.91. The van der Waals surface area contributed by atoms with Crippen LogP contribution in [0.2, 0.25) is 0 Å². The fourth-order valence-electron chi connectivity index (χ4n) is 1.33. The lowest BCUT2D eigenvalue weighted by atomic mass is 9.95. The molecule has 0 bridgehead atoms. The zero-order valence-electron chi connectivity index (χ0n) is 8.62. The average molecular weight is 178 g/mol. The molecule has 1 N–H and O–H groups in total. The minimum atomic E-state index is 0.224. The first-order valence-electron chi connectivity index (χ1n) is 4.86. The van der Waals surface area contributed by atoms with E-state index in [-0.39, 0.29) is 12.5 Å². The lowest BCUT2D eigenvalue weighted by molar-refractivity contribution is 0.273. The average Bonchev–Trinajstić information content (AvgIpc) is 2.17. The Hall–Kier alpha value is -0.820. The second kappa shape index (κ2) is 4.43. The van der Waals surface area contributed by atoms with E-state index < -0.39 is 0 Å². The Kier molecular flexibility index (Phi) is 3.49. The molecule has 1 aromatic rings. The van der Waals surface area contributed by atoms with E-state index in [4.69, 9.17) is 5.11 Å². The minimum Gasteiger partial charge on any atom is -0.396 e. The quantitative estimate of drug-likeness (QED) is 0.754. The predicted molar refractivity (Wildman–Crippen MR) is 56.0 cm³/mol. The first-order chi connectivity index (χ1) is 6.15. The summed E-state index contributed by atoms with van der Waals surface area (Å²) in [5.74, 6) is 0.810. The summed E-state index contributed by atoms with van der Waals surface area (Å²) in [7, 11) is 0. The van der Waals surface area contributed by atoms with Crippen molar-refractivity contribution in [2.75, 3.05) is 6.61 Å². The van der Waals surface area contributed by atoms with Crippen LogP contribution in [0, 0.1) is 0 Å². The molecule has 0 saturated carbocycles. The van der Waals surface area contributed by atoms with Crippen LogP contribution >= 0.6 is 0 Å². The molecule has 0 spiro atoms. The van der Waals surface area contributed by atoms with E-state index in [1.165, 1.54) is 11.1 Å². The maximum atomic E-state index is 9.02. The van der Waals surface area contributed by atoms with E-state index in [9.17, 15) is 0 Å². The number of aliphatic hydroxyl groups is 1. The highest BCUT2D eigenvalue weighted by molar-refractivity contribution is 5.27. The number of hydrogen-bond acceptors (Lipinski definition) is 1. The topological polar surface area (TPSA) is 20.2 Å². The Morgan fingerprint density at radius 2 is 1.77 bits per heavy atom. The fourth-order valence-corrected chi connectivity index (χ4v) is 1.33. The monoisotopic (exact) mass is 178 g/mol. The van der Waals surface area contributed by atoms with Crippen LogP contribution in [0.25, 0.3) is 0 Å². The van der Waals surface area contributed by atoms with Gasteiger partial charge in [0.1, 0.15) is 0 Å². The van der Waals surface area contributed by atoms with Crippen molar-refractivity contribution < 1.29 is 5.11 Å². The van der Waals surface area contributed by atoms with E-state index in [2.05, 4.69) is 38.1 Å². The van der Waals surface area contributed by atoms with E-state index in [0.717, 1.165) is 0 Å². The van der Waals surface area contributed by atoms with Crippen LogP contribution < -0.4 is 0 Å². The van der Waals surface area contributed by atoms with Gasteiger partial charge < -0.3 is 5.11 Å². The molecule has 0 heterocycles. The summed E-state index contributed by atoms with van der Waals surface area (Å²) in [4.78, 5) is 0. The third-order valence-electron chi connectivity index (χ3n) is 2.42. The van der Waals surface area contributed by atoms with Gasteiger partial charge in [-0.2, -0.15) is 0 Å². The third-order valence-corrected chi connectivity index (χ3v) is 2.42. The van der Waals surface area contributed by atoms with Crippen molar-refractivity contribution in [1.82, 2.24) is 0 Å². The first kappa shape index (κ1) is 10.3. The Bertz CT molecular complexity index is 266. The van der Waals surface area contributed by atoms with Crippen molar-refractivity contribution in [3.8, 4) is 0 Å². The summed E-state index contributed by atoms with van der Waals surface area (Å²) in [6.45, 7) is 6.63. The first-order valence-corrected chi connectivity index (χ1v) is 4.86. The fraction of sp³-hybridized carbons (Fsp3) is 0.500. The molecular formula is C12H18O. The highest BCUT2D eigenvalue weighted by Gasteiger charge is 2.05. The van der Waals surface area contributed by atoms with Crippen molar-refractivity contribution >= 4 is 0 Å². The molecule has 0 aliphatic carbocycles. The smallest absolute Gasteiger partial charge is 0.0497 e. The largest absolute Gasteiger partial charge is 0.396 e. The zero-order chi connectivity index (χ0) is 9.84. The van der Waals surface area contributed by atoms with Gasteiger partial charge in [-0.25, -0.2) is 0 Å². The Morgan fingerprint density at radius 1 is 1.15 bits per heavy atom. The third kappa shape index (κ3) is 2.56. The Labute approximate surface area is 80.4 Å². The summed E-state index contributed by atoms with van der Waals surface area (Å²) >= 11 is 0. The normalized spacial score (nSPS) is 13.3. The lowest BCUT2D eigenvalue weighted by Gasteiger charge is -2.11. The summed E-state index contributed by atoms with van der Waals surface area (Å²) in [6, 6.07) is 8.47. The molecular weight excluding hydrogens is 160 g/mol. The molecule has 1 heteroatoms. The molecule has 0 fully saturated rings. The second-order valence-corrected chi connectivity index (χ2v) is 3.91. The van der Waals surface area contributed by atoms with Crippen LogP contribution in [0.4, 0.5) is 0 Å². The predicted octanol–water partition coefficient (Wildman–Crippen LogP) is 2.91. The summed E-state index contributed by atoms with van der Waals surface area (Å²) in [6.07, 6.45) is 0. The summed E-state index contributed by atoms with van der Waals surface area (Å²) < 4.78 is 0. The van der Waals surface area contributed by atoms with Gasteiger partial charge in [-0.1, -0.05) is 45.0 Å². The molecule has 0 aliphatic rings. The van der Waals surface area contributed by atoms with Gasteiger partial charge in [0.25, 0.3) is 0 Å². The van der Waals surface area contributed by atoms with Crippen LogP contribution in [0.3, 0.4) is 0 Å². The van der Waals surface area contributed by atoms with E-state index in [1.807, 2.05) is 6.92 Å². The molecule has 0 amide bonds.